The molecule has 1 atom stereocenters. The molecule has 2 heterocycles. The number of nitrogens with zero attached hydrogens (tertiary/aromatic N) is 2. The summed E-state index contributed by atoms with van der Waals surface area (Å²) in [5.74, 6) is 0.328. The third-order valence-electron chi connectivity index (χ3n) is 2.43. The van der Waals surface area contributed by atoms with Crippen LogP contribution in [-0.4, -0.2) is 29.3 Å². The molecule has 1 unspecified atom stereocenters. The molecule has 2 rings (SSSR count). The van der Waals surface area contributed by atoms with Crippen molar-refractivity contribution >= 4 is 17.3 Å². The SMILES string of the molecule is Nc1cnc(Cl)nc1OCC1CCCCO1. The zero-order chi connectivity index (χ0) is 11.4. The minimum atomic E-state index is 0.127. The van der Waals surface area contributed by atoms with Crippen LogP contribution in [0.4, 0.5) is 5.69 Å². The van der Waals surface area contributed by atoms with E-state index in [1.165, 1.54) is 12.6 Å². The number of rotatable bonds is 3. The quantitative estimate of drug-likeness (QED) is 0.818. The molecule has 16 heavy (non-hydrogen) atoms. The number of anilines is 1. The molecule has 1 aliphatic rings. The van der Waals surface area contributed by atoms with Crippen LogP contribution in [0.2, 0.25) is 5.28 Å². The van der Waals surface area contributed by atoms with Crippen molar-refractivity contribution in [1.82, 2.24) is 9.97 Å². The van der Waals surface area contributed by atoms with Crippen LogP contribution in [0.25, 0.3) is 0 Å². The fourth-order valence-corrected chi connectivity index (χ4v) is 1.71. The molecular formula is C10H14ClN3O2. The molecule has 1 aromatic heterocycles. The van der Waals surface area contributed by atoms with Crippen LogP contribution in [-0.2, 0) is 4.74 Å². The topological polar surface area (TPSA) is 70.3 Å². The van der Waals surface area contributed by atoms with Crippen LogP contribution >= 0.6 is 11.6 Å². The third-order valence-corrected chi connectivity index (χ3v) is 2.61. The van der Waals surface area contributed by atoms with E-state index in [9.17, 15) is 0 Å². The van der Waals surface area contributed by atoms with Crippen molar-refractivity contribution in [3.63, 3.8) is 0 Å². The molecule has 0 amide bonds. The highest BCUT2D eigenvalue weighted by Crippen LogP contribution is 2.20. The smallest absolute Gasteiger partial charge is 0.241 e. The average molecular weight is 244 g/mol. The molecule has 1 saturated heterocycles. The van der Waals surface area contributed by atoms with Gasteiger partial charge in [0.25, 0.3) is 0 Å². The van der Waals surface area contributed by atoms with E-state index in [2.05, 4.69) is 9.97 Å². The lowest BCUT2D eigenvalue weighted by molar-refractivity contribution is -0.0118. The molecule has 0 spiro atoms. The molecule has 0 saturated carbocycles. The van der Waals surface area contributed by atoms with Crippen LogP contribution in [0.1, 0.15) is 19.3 Å². The van der Waals surface area contributed by atoms with Crippen molar-refractivity contribution in [2.75, 3.05) is 18.9 Å². The van der Waals surface area contributed by atoms with Gasteiger partial charge in [0.1, 0.15) is 12.3 Å². The molecule has 0 aromatic carbocycles. The van der Waals surface area contributed by atoms with Gasteiger partial charge in [0.2, 0.25) is 11.2 Å². The van der Waals surface area contributed by atoms with Gasteiger partial charge in [0, 0.05) is 6.61 Å². The van der Waals surface area contributed by atoms with Gasteiger partial charge in [-0.1, -0.05) is 0 Å². The first-order chi connectivity index (χ1) is 7.75. The Hall–Kier alpha value is -1.07. The summed E-state index contributed by atoms with van der Waals surface area (Å²) in [6, 6.07) is 0. The van der Waals surface area contributed by atoms with E-state index in [4.69, 9.17) is 26.8 Å². The maximum atomic E-state index is 5.66. The van der Waals surface area contributed by atoms with E-state index in [0.717, 1.165) is 19.4 Å². The summed E-state index contributed by atoms with van der Waals surface area (Å²) in [6.07, 6.45) is 4.87. The molecule has 2 N–H and O–H groups in total. The van der Waals surface area contributed by atoms with Gasteiger partial charge < -0.3 is 15.2 Å². The second kappa shape index (κ2) is 5.32. The standard InChI is InChI=1S/C10H14ClN3O2/c11-10-13-5-8(12)9(14-10)16-6-7-3-1-2-4-15-7/h5,7H,1-4,6,12H2. The van der Waals surface area contributed by atoms with Crippen molar-refractivity contribution < 1.29 is 9.47 Å². The lowest BCUT2D eigenvalue weighted by Crippen LogP contribution is -2.26. The van der Waals surface area contributed by atoms with Gasteiger partial charge in [-0.2, -0.15) is 4.98 Å². The molecular weight excluding hydrogens is 230 g/mol. The minimum Gasteiger partial charge on any atom is -0.473 e. The highest BCUT2D eigenvalue weighted by molar-refractivity contribution is 6.28. The van der Waals surface area contributed by atoms with Crippen LogP contribution in [0.15, 0.2) is 6.20 Å². The van der Waals surface area contributed by atoms with Gasteiger partial charge in [-0.05, 0) is 30.9 Å². The fourth-order valence-electron chi connectivity index (χ4n) is 1.58. The second-order valence-electron chi connectivity index (χ2n) is 3.70. The third kappa shape index (κ3) is 2.96. The molecule has 1 fully saturated rings. The van der Waals surface area contributed by atoms with Crippen molar-refractivity contribution in [1.29, 1.82) is 0 Å². The van der Waals surface area contributed by atoms with Gasteiger partial charge in [0.15, 0.2) is 0 Å². The molecule has 6 heteroatoms. The normalized spacial score (nSPS) is 20.7. The Morgan fingerprint density at radius 1 is 1.56 bits per heavy atom. The molecule has 1 aliphatic heterocycles. The minimum absolute atomic E-state index is 0.127. The van der Waals surface area contributed by atoms with Crippen molar-refractivity contribution in [2.24, 2.45) is 0 Å². The Balaban J connectivity index is 1.90. The maximum absolute atomic E-state index is 5.66. The van der Waals surface area contributed by atoms with E-state index in [-0.39, 0.29) is 11.4 Å². The molecule has 5 nitrogen and oxygen atoms in total. The van der Waals surface area contributed by atoms with Gasteiger partial charge in [0.05, 0.1) is 12.3 Å². The Morgan fingerprint density at radius 3 is 3.19 bits per heavy atom. The highest BCUT2D eigenvalue weighted by Gasteiger charge is 2.15. The van der Waals surface area contributed by atoms with E-state index >= 15 is 0 Å². The summed E-state index contributed by atoms with van der Waals surface area (Å²) >= 11 is 5.65. The summed E-state index contributed by atoms with van der Waals surface area (Å²) < 4.78 is 11.0. The van der Waals surface area contributed by atoms with Gasteiger partial charge in [-0.15, -0.1) is 0 Å². The van der Waals surface area contributed by atoms with Crippen molar-refractivity contribution in [3.8, 4) is 5.88 Å². The van der Waals surface area contributed by atoms with Gasteiger partial charge in [-0.3, -0.25) is 0 Å². The largest absolute Gasteiger partial charge is 0.473 e. The summed E-state index contributed by atoms with van der Waals surface area (Å²) in [5, 5.41) is 0.133. The lowest BCUT2D eigenvalue weighted by Gasteiger charge is -2.22. The first kappa shape index (κ1) is 11.4. The van der Waals surface area contributed by atoms with Gasteiger partial charge >= 0.3 is 0 Å². The summed E-state index contributed by atoms with van der Waals surface area (Å²) in [4.78, 5) is 7.66. The molecule has 1 aromatic rings. The number of hydrogen-bond acceptors (Lipinski definition) is 5. The van der Waals surface area contributed by atoms with E-state index in [0.29, 0.717) is 18.2 Å². The number of ether oxygens (including phenoxy) is 2. The first-order valence-electron chi connectivity index (χ1n) is 5.28. The number of halogens is 1. The van der Waals surface area contributed by atoms with Crippen LogP contribution in [0.5, 0.6) is 5.88 Å². The van der Waals surface area contributed by atoms with Crippen molar-refractivity contribution in [2.45, 2.75) is 25.4 Å². The zero-order valence-electron chi connectivity index (χ0n) is 8.86. The number of nitrogen functional groups attached to an aromatic ring is 1. The summed E-state index contributed by atoms with van der Waals surface area (Å²) in [5.41, 5.74) is 6.04. The van der Waals surface area contributed by atoms with E-state index in [1.807, 2.05) is 0 Å². The van der Waals surface area contributed by atoms with Crippen molar-refractivity contribution in [3.05, 3.63) is 11.5 Å². The Kier molecular flexibility index (Phi) is 3.79. The highest BCUT2D eigenvalue weighted by atomic mass is 35.5. The second-order valence-corrected chi connectivity index (χ2v) is 4.04. The fraction of sp³-hybridized carbons (Fsp3) is 0.600. The van der Waals surface area contributed by atoms with Gasteiger partial charge in [-0.25, -0.2) is 4.98 Å². The monoisotopic (exact) mass is 243 g/mol. The molecule has 88 valence electrons. The van der Waals surface area contributed by atoms with Crippen LogP contribution in [0, 0.1) is 0 Å². The summed E-state index contributed by atoms with van der Waals surface area (Å²) in [6.45, 7) is 1.26. The molecule has 0 bridgehead atoms. The number of nitrogens with two attached hydrogens (primary N) is 1. The lowest BCUT2D eigenvalue weighted by atomic mass is 10.1. The predicted octanol–water partition coefficient (Wildman–Crippen LogP) is 1.66. The predicted molar refractivity (Wildman–Crippen MR) is 60.5 cm³/mol. The van der Waals surface area contributed by atoms with E-state index in [1.54, 1.807) is 0 Å². The van der Waals surface area contributed by atoms with E-state index < -0.39 is 0 Å². The number of hydrogen-bond donors (Lipinski definition) is 1. The van der Waals surface area contributed by atoms with Crippen LogP contribution < -0.4 is 10.5 Å². The molecule has 0 aliphatic carbocycles. The Labute approximate surface area is 98.9 Å². The maximum Gasteiger partial charge on any atom is 0.241 e. The zero-order valence-corrected chi connectivity index (χ0v) is 9.61. The Bertz CT molecular complexity index is 356. The number of aromatic nitrogens is 2. The summed E-state index contributed by atoms with van der Waals surface area (Å²) in [7, 11) is 0. The van der Waals surface area contributed by atoms with Crippen LogP contribution in [0.3, 0.4) is 0 Å². The Morgan fingerprint density at radius 2 is 2.44 bits per heavy atom. The average Bonchev–Trinajstić information content (AvgIpc) is 2.32. The molecule has 0 radical (unpaired) electrons. The first-order valence-corrected chi connectivity index (χ1v) is 5.66.